The van der Waals surface area contributed by atoms with Crippen LogP contribution in [0.2, 0.25) is 5.02 Å². The van der Waals surface area contributed by atoms with Crippen molar-refractivity contribution in [1.82, 2.24) is 0 Å². The molecule has 0 saturated heterocycles. The second-order valence-corrected chi connectivity index (χ2v) is 5.32. The molecular formula is C14H10BrClN2O3. The van der Waals surface area contributed by atoms with Gasteiger partial charge in [-0.2, -0.15) is 0 Å². The molecule has 0 radical (unpaired) electrons. The van der Waals surface area contributed by atoms with Crippen LogP contribution in [0.3, 0.4) is 0 Å². The Morgan fingerprint density at radius 1 is 1.10 bits per heavy atom. The van der Waals surface area contributed by atoms with Gasteiger partial charge in [0, 0.05) is 10.2 Å². The SMILES string of the molecule is O=C(Nc1ccc(Br)c(Cl)c1)Nc1ccccc1C(=O)O. The molecule has 0 atom stereocenters. The Hall–Kier alpha value is -2.05. The average Bonchev–Trinajstić information content (AvgIpc) is 2.43. The maximum Gasteiger partial charge on any atom is 0.337 e. The number of hydrogen-bond donors (Lipinski definition) is 3. The number of nitrogens with one attached hydrogen (secondary N) is 2. The van der Waals surface area contributed by atoms with Crippen molar-refractivity contribution in [3.63, 3.8) is 0 Å². The molecule has 2 aromatic carbocycles. The highest BCUT2D eigenvalue weighted by molar-refractivity contribution is 9.10. The number of amides is 2. The van der Waals surface area contributed by atoms with Crippen molar-refractivity contribution in [2.24, 2.45) is 0 Å². The third kappa shape index (κ3) is 3.96. The van der Waals surface area contributed by atoms with E-state index in [1.807, 2.05) is 0 Å². The lowest BCUT2D eigenvalue weighted by molar-refractivity contribution is 0.0698. The summed E-state index contributed by atoms with van der Waals surface area (Å²) >= 11 is 9.18. The summed E-state index contributed by atoms with van der Waals surface area (Å²) in [5.41, 5.74) is 0.723. The lowest BCUT2D eigenvalue weighted by atomic mass is 10.2. The molecular weight excluding hydrogens is 360 g/mol. The van der Waals surface area contributed by atoms with E-state index in [2.05, 4.69) is 26.6 Å². The Kier molecular flexibility index (Phi) is 4.82. The number of carboxylic acid groups (broad SMARTS) is 1. The van der Waals surface area contributed by atoms with Crippen LogP contribution in [-0.4, -0.2) is 17.1 Å². The number of carbonyl (C=O) groups excluding carboxylic acids is 1. The summed E-state index contributed by atoms with van der Waals surface area (Å²) in [5, 5.41) is 14.6. The first-order valence-electron chi connectivity index (χ1n) is 5.83. The van der Waals surface area contributed by atoms with E-state index in [9.17, 15) is 9.59 Å². The third-order valence-corrected chi connectivity index (χ3v) is 3.82. The Morgan fingerprint density at radius 3 is 2.48 bits per heavy atom. The molecule has 0 fully saturated rings. The Bertz CT molecular complexity index is 706. The van der Waals surface area contributed by atoms with E-state index in [1.165, 1.54) is 12.1 Å². The van der Waals surface area contributed by atoms with Crippen molar-refractivity contribution in [2.45, 2.75) is 0 Å². The first-order chi connectivity index (χ1) is 9.97. The largest absolute Gasteiger partial charge is 0.478 e. The molecule has 0 aliphatic heterocycles. The van der Waals surface area contributed by atoms with Gasteiger partial charge < -0.3 is 15.7 Å². The van der Waals surface area contributed by atoms with Gasteiger partial charge in [0.25, 0.3) is 0 Å². The minimum Gasteiger partial charge on any atom is -0.478 e. The molecule has 0 aliphatic rings. The number of rotatable bonds is 3. The molecule has 0 saturated carbocycles. The second kappa shape index (κ2) is 6.60. The minimum atomic E-state index is -1.11. The van der Waals surface area contributed by atoms with Gasteiger partial charge in [-0.05, 0) is 46.3 Å². The molecule has 2 aromatic rings. The van der Waals surface area contributed by atoms with Gasteiger partial charge >= 0.3 is 12.0 Å². The van der Waals surface area contributed by atoms with E-state index in [0.29, 0.717) is 15.2 Å². The first kappa shape index (κ1) is 15.3. The summed E-state index contributed by atoms with van der Waals surface area (Å²) in [5.74, 6) is -1.11. The number of halogens is 2. The number of aromatic carboxylic acids is 1. The number of hydrogen-bond acceptors (Lipinski definition) is 2. The average molecular weight is 370 g/mol. The maximum absolute atomic E-state index is 11.9. The highest BCUT2D eigenvalue weighted by atomic mass is 79.9. The van der Waals surface area contributed by atoms with Crippen LogP contribution in [-0.2, 0) is 0 Å². The Morgan fingerprint density at radius 2 is 1.81 bits per heavy atom. The minimum absolute atomic E-state index is 0.0153. The maximum atomic E-state index is 11.9. The van der Waals surface area contributed by atoms with Gasteiger partial charge in [-0.3, -0.25) is 0 Å². The molecule has 0 aliphatic carbocycles. The third-order valence-electron chi connectivity index (χ3n) is 2.58. The fraction of sp³-hybridized carbons (Fsp3) is 0. The summed E-state index contributed by atoms with van der Waals surface area (Å²) in [7, 11) is 0. The van der Waals surface area contributed by atoms with Gasteiger partial charge in [0.15, 0.2) is 0 Å². The van der Waals surface area contributed by atoms with Crippen LogP contribution in [0.25, 0.3) is 0 Å². The molecule has 2 rings (SSSR count). The predicted octanol–water partition coefficient (Wildman–Crippen LogP) is 4.44. The van der Waals surface area contributed by atoms with Crippen LogP contribution < -0.4 is 10.6 Å². The second-order valence-electron chi connectivity index (χ2n) is 4.06. The molecule has 0 aromatic heterocycles. The molecule has 5 nitrogen and oxygen atoms in total. The number of carboxylic acids is 1. The van der Waals surface area contributed by atoms with E-state index in [0.717, 1.165) is 0 Å². The smallest absolute Gasteiger partial charge is 0.337 e. The van der Waals surface area contributed by atoms with Crippen molar-refractivity contribution in [2.75, 3.05) is 10.6 Å². The monoisotopic (exact) mass is 368 g/mol. The van der Waals surface area contributed by atoms with Gasteiger partial charge in [0.2, 0.25) is 0 Å². The lowest BCUT2D eigenvalue weighted by Gasteiger charge is -2.10. The quantitative estimate of drug-likeness (QED) is 0.748. The summed E-state index contributed by atoms with van der Waals surface area (Å²) in [6.45, 7) is 0. The van der Waals surface area contributed by atoms with Crippen molar-refractivity contribution >= 4 is 50.9 Å². The van der Waals surface area contributed by atoms with E-state index >= 15 is 0 Å². The van der Waals surface area contributed by atoms with Crippen LogP contribution in [0.1, 0.15) is 10.4 Å². The van der Waals surface area contributed by atoms with Crippen LogP contribution in [0.4, 0.5) is 16.2 Å². The molecule has 0 heterocycles. The Labute approximate surface area is 134 Å². The number of anilines is 2. The molecule has 0 spiro atoms. The lowest BCUT2D eigenvalue weighted by Crippen LogP contribution is -2.20. The molecule has 0 unspecified atom stereocenters. The van der Waals surface area contributed by atoms with Gasteiger partial charge in [0.05, 0.1) is 16.3 Å². The van der Waals surface area contributed by atoms with Crippen LogP contribution >= 0.6 is 27.5 Å². The number of urea groups is 1. The van der Waals surface area contributed by atoms with Crippen LogP contribution in [0.5, 0.6) is 0 Å². The van der Waals surface area contributed by atoms with Gasteiger partial charge in [0.1, 0.15) is 0 Å². The zero-order valence-corrected chi connectivity index (χ0v) is 12.9. The Balaban J connectivity index is 2.12. The first-order valence-corrected chi connectivity index (χ1v) is 7.00. The molecule has 108 valence electrons. The van der Waals surface area contributed by atoms with Crippen molar-refractivity contribution in [3.05, 3.63) is 57.5 Å². The topological polar surface area (TPSA) is 78.4 Å². The fourth-order valence-corrected chi connectivity index (χ4v) is 2.06. The molecule has 3 N–H and O–H groups in total. The fourth-order valence-electron chi connectivity index (χ4n) is 1.64. The summed E-state index contributed by atoms with van der Waals surface area (Å²) in [6, 6.07) is 10.5. The predicted molar refractivity (Wildman–Crippen MR) is 85.2 cm³/mol. The molecule has 7 heteroatoms. The number of para-hydroxylation sites is 1. The van der Waals surface area contributed by atoms with Crippen molar-refractivity contribution < 1.29 is 14.7 Å². The zero-order chi connectivity index (χ0) is 15.4. The van der Waals surface area contributed by atoms with E-state index in [-0.39, 0.29) is 11.3 Å². The van der Waals surface area contributed by atoms with Gasteiger partial charge in [-0.1, -0.05) is 23.7 Å². The summed E-state index contributed by atoms with van der Waals surface area (Å²) in [6.07, 6.45) is 0. The van der Waals surface area contributed by atoms with E-state index < -0.39 is 12.0 Å². The summed E-state index contributed by atoms with van der Waals surface area (Å²) in [4.78, 5) is 22.9. The molecule has 0 bridgehead atoms. The van der Waals surface area contributed by atoms with Crippen LogP contribution in [0.15, 0.2) is 46.9 Å². The van der Waals surface area contributed by atoms with Crippen LogP contribution in [0, 0.1) is 0 Å². The number of benzene rings is 2. The van der Waals surface area contributed by atoms with Crippen molar-refractivity contribution in [3.8, 4) is 0 Å². The zero-order valence-electron chi connectivity index (χ0n) is 10.6. The van der Waals surface area contributed by atoms with Crippen molar-refractivity contribution in [1.29, 1.82) is 0 Å². The van der Waals surface area contributed by atoms with E-state index in [1.54, 1.807) is 30.3 Å². The molecule has 2 amide bonds. The molecule has 21 heavy (non-hydrogen) atoms. The van der Waals surface area contributed by atoms with E-state index in [4.69, 9.17) is 16.7 Å². The highest BCUT2D eigenvalue weighted by Gasteiger charge is 2.11. The normalized spacial score (nSPS) is 10.0. The summed E-state index contributed by atoms with van der Waals surface area (Å²) < 4.78 is 0.714. The number of carbonyl (C=O) groups is 2. The highest BCUT2D eigenvalue weighted by Crippen LogP contribution is 2.25. The van der Waals surface area contributed by atoms with Gasteiger partial charge in [-0.15, -0.1) is 0 Å². The van der Waals surface area contributed by atoms with Gasteiger partial charge in [-0.25, -0.2) is 9.59 Å². The standard InChI is InChI=1S/C14H10BrClN2O3/c15-10-6-5-8(7-11(10)16)17-14(21)18-12-4-2-1-3-9(12)13(19)20/h1-7H,(H,19,20)(H2,17,18,21).